The van der Waals surface area contributed by atoms with Gasteiger partial charge >= 0.3 is 0 Å². The Balaban J connectivity index is 2.67. The highest BCUT2D eigenvalue weighted by atomic mass is 16.5. The Hall–Kier alpha value is -1.55. The molecule has 1 aromatic carbocycles. The van der Waals surface area contributed by atoms with Crippen LogP contribution in [0.2, 0.25) is 0 Å². The maximum Gasteiger partial charge on any atom is 0.153 e. The van der Waals surface area contributed by atoms with Crippen LogP contribution in [0.1, 0.15) is 30.6 Å². The summed E-state index contributed by atoms with van der Waals surface area (Å²) in [5.41, 5.74) is -0.325. The maximum atomic E-state index is 10.9. The molecular formula is C13H18O4. The third-order valence-electron chi connectivity index (χ3n) is 2.32. The number of rotatable bonds is 6. The van der Waals surface area contributed by atoms with Crippen LogP contribution >= 0.6 is 0 Å². The fourth-order valence-electron chi connectivity index (χ4n) is 1.29. The first-order valence-corrected chi connectivity index (χ1v) is 5.44. The number of carbonyl (C=O) groups is 1. The minimum Gasteiger partial charge on any atom is -0.497 e. The molecule has 0 aliphatic rings. The number of benzene rings is 1. The Bertz CT molecular complexity index is 379. The highest BCUT2D eigenvalue weighted by molar-refractivity contribution is 5.80. The number of aliphatic hydroxyl groups is 1. The van der Waals surface area contributed by atoms with Crippen LogP contribution in [-0.2, 0) is 0 Å². The van der Waals surface area contributed by atoms with Crippen LogP contribution in [-0.4, -0.2) is 30.7 Å². The van der Waals surface area contributed by atoms with Crippen LogP contribution in [0.3, 0.4) is 0 Å². The highest BCUT2D eigenvalue weighted by Gasteiger charge is 2.13. The third-order valence-corrected chi connectivity index (χ3v) is 2.32. The van der Waals surface area contributed by atoms with Gasteiger partial charge in [0.15, 0.2) is 6.29 Å². The number of methoxy groups -OCH3 is 1. The van der Waals surface area contributed by atoms with E-state index in [-0.39, 0.29) is 0 Å². The topological polar surface area (TPSA) is 55.8 Å². The molecule has 0 fully saturated rings. The van der Waals surface area contributed by atoms with Gasteiger partial charge in [0.1, 0.15) is 11.5 Å². The molecular weight excluding hydrogens is 220 g/mol. The first-order chi connectivity index (χ1) is 7.96. The van der Waals surface area contributed by atoms with Crippen LogP contribution in [0, 0.1) is 0 Å². The smallest absolute Gasteiger partial charge is 0.153 e. The van der Waals surface area contributed by atoms with E-state index in [0.29, 0.717) is 30.1 Å². The molecule has 4 nitrogen and oxygen atoms in total. The number of hydrogen-bond acceptors (Lipinski definition) is 4. The van der Waals surface area contributed by atoms with Crippen LogP contribution in [0.15, 0.2) is 18.2 Å². The average Bonchev–Trinajstić information content (AvgIpc) is 2.27. The zero-order chi connectivity index (χ0) is 12.9. The Labute approximate surface area is 101 Å². The summed E-state index contributed by atoms with van der Waals surface area (Å²) in [4.78, 5) is 10.9. The number of aldehydes is 1. The van der Waals surface area contributed by atoms with E-state index in [4.69, 9.17) is 9.47 Å². The second-order valence-electron chi connectivity index (χ2n) is 4.43. The molecule has 0 saturated carbocycles. The lowest BCUT2D eigenvalue weighted by Gasteiger charge is -2.17. The number of hydrogen-bond donors (Lipinski definition) is 1. The third kappa shape index (κ3) is 4.44. The second kappa shape index (κ2) is 5.68. The van der Waals surface area contributed by atoms with Gasteiger partial charge in [-0.3, -0.25) is 4.79 Å². The lowest BCUT2D eigenvalue weighted by Crippen LogP contribution is -2.22. The van der Waals surface area contributed by atoms with Gasteiger partial charge in [-0.15, -0.1) is 0 Å². The summed E-state index contributed by atoms with van der Waals surface area (Å²) in [5, 5.41) is 9.53. The molecule has 0 atom stereocenters. The van der Waals surface area contributed by atoms with E-state index in [9.17, 15) is 9.90 Å². The van der Waals surface area contributed by atoms with E-state index in [1.54, 1.807) is 39.2 Å². The second-order valence-corrected chi connectivity index (χ2v) is 4.43. The molecule has 0 aliphatic carbocycles. The monoisotopic (exact) mass is 238 g/mol. The molecule has 0 unspecified atom stereocenters. The minimum atomic E-state index is -0.770. The van der Waals surface area contributed by atoms with Gasteiger partial charge in [-0.05, 0) is 32.0 Å². The van der Waals surface area contributed by atoms with Crippen molar-refractivity contribution in [1.29, 1.82) is 0 Å². The SMILES string of the molecule is COc1ccc(OCCC(C)(C)O)c(C=O)c1. The van der Waals surface area contributed by atoms with Gasteiger partial charge in [0, 0.05) is 6.42 Å². The molecule has 4 heteroatoms. The Morgan fingerprint density at radius 1 is 1.41 bits per heavy atom. The van der Waals surface area contributed by atoms with Crippen LogP contribution in [0.25, 0.3) is 0 Å². The summed E-state index contributed by atoms with van der Waals surface area (Å²) in [6.45, 7) is 3.78. The van der Waals surface area contributed by atoms with E-state index < -0.39 is 5.60 Å². The van der Waals surface area contributed by atoms with Crippen molar-refractivity contribution in [3.8, 4) is 11.5 Å². The van der Waals surface area contributed by atoms with Crippen molar-refractivity contribution in [2.75, 3.05) is 13.7 Å². The normalized spacial score (nSPS) is 11.1. The molecule has 0 radical (unpaired) electrons. The molecule has 0 bridgehead atoms. The molecule has 0 spiro atoms. The average molecular weight is 238 g/mol. The zero-order valence-corrected chi connectivity index (χ0v) is 10.4. The number of ether oxygens (including phenoxy) is 2. The largest absolute Gasteiger partial charge is 0.497 e. The van der Waals surface area contributed by atoms with Gasteiger partial charge in [-0.25, -0.2) is 0 Å². The Morgan fingerprint density at radius 2 is 2.12 bits per heavy atom. The van der Waals surface area contributed by atoms with Crippen LogP contribution in [0.5, 0.6) is 11.5 Å². The van der Waals surface area contributed by atoms with Crippen molar-refractivity contribution < 1.29 is 19.4 Å². The van der Waals surface area contributed by atoms with Gasteiger partial charge < -0.3 is 14.6 Å². The van der Waals surface area contributed by atoms with Gasteiger partial charge in [0.25, 0.3) is 0 Å². The fraction of sp³-hybridized carbons (Fsp3) is 0.462. The van der Waals surface area contributed by atoms with E-state index >= 15 is 0 Å². The van der Waals surface area contributed by atoms with Gasteiger partial charge in [0.2, 0.25) is 0 Å². The van der Waals surface area contributed by atoms with Crippen LogP contribution < -0.4 is 9.47 Å². The standard InChI is InChI=1S/C13H18O4/c1-13(2,15)6-7-17-12-5-4-11(16-3)8-10(12)9-14/h4-5,8-9,15H,6-7H2,1-3H3. The molecule has 0 aromatic heterocycles. The van der Waals surface area contributed by atoms with E-state index in [1.807, 2.05) is 0 Å². The summed E-state index contributed by atoms with van der Waals surface area (Å²) in [7, 11) is 1.54. The zero-order valence-electron chi connectivity index (χ0n) is 10.4. The predicted molar refractivity (Wildman–Crippen MR) is 64.8 cm³/mol. The minimum absolute atomic E-state index is 0.358. The van der Waals surface area contributed by atoms with E-state index in [0.717, 1.165) is 6.29 Å². The molecule has 0 amide bonds. The van der Waals surface area contributed by atoms with Crippen molar-refractivity contribution in [2.24, 2.45) is 0 Å². The molecule has 1 rings (SSSR count). The summed E-state index contributed by atoms with van der Waals surface area (Å²) in [5.74, 6) is 1.12. The Morgan fingerprint density at radius 3 is 2.65 bits per heavy atom. The van der Waals surface area contributed by atoms with Gasteiger partial charge in [0.05, 0.1) is 24.9 Å². The molecule has 94 valence electrons. The molecule has 17 heavy (non-hydrogen) atoms. The van der Waals surface area contributed by atoms with Crippen molar-refractivity contribution >= 4 is 6.29 Å². The predicted octanol–water partition coefficient (Wildman–Crippen LogP) is 2.05. The summed E-state index contributed by atoms with van der Waals surface area (Å²) in [6.07, 6.45) is 1.22. The first-order valence-electron chi connectivity index (χ1n) is 5.44. The van der Waals surface area contributed by atoms with Crippen molar-refractivity contribution in [2.45, 2.75) is 25.9 Å². The summed E-state index contributed by atoms with van der Waals surface area (Å²) >= 11 is 0. The first kappa shape index (κ1) is 13.5. The lowest BCUT2D eigenvalue weighted by atomic mass is 10.1. The van der Waals surface area contributed by atoms with Crippen molar-refractivity contribution in [3.63, 3.8) is 0 Å². The molecule has 0 saturated heterocycles. The highest BCUT2D eigenvalue weighted by Crippen LogP contribution is 2.23. The lowest BCUT2D eigenvalue weighted by molar-refractivity contribution is 0.0552. The quantitative estimate of drug-likeness (QED) is 0.771. The summed E-state index contributed by atoms with van der Waals surface area (Å²) in [6, 6.07) is 5.03. The Kier molecular flexibility index (Phi) is 4.52. The maximum absolute atomic E-state index is 10.9. The molecule has 1 aromatic rings. The fourth-order valence-corrected chi connectivity index (χ4v) is 1.29. The summed E-state index contributed by atoms with van der Waals surface area (Å²) < 4.78 is 10.5. The van der Waals surface area contributed by atoms with E-state index in [1.165, 1.54) is 0 Å². The van der Waals surface area contributed by atoms with Crippen molar-refractivity contribution in [1.82, 2.24) is 0 Å². The van der Waals surface area contributed by atoms with Gasteiger partial charge in [-0.2, -0.15) is 0 Å². The van der Waals surface area contributed by atoms with Gasteiger partial charge in [-0.1, -0.05) is 0 Å². The molecule has 1 N–H and O–H groups in total. The van der Waals surface area contributed by atoms with Crippen molar-refractivity contribution in [3.05, 3.63) is 23.8 Å². The van der Waals surface area contributed by atoms with Crippen LogP contribution in [0.4, 0.5) is 0 Å². The molecule has 0 aliphatic heterocycles. The number of carbonyl (C=O) groups excluding carboxylic acids is 1. The van der Waals surface area contributed by atoms with E-state index in [2.05, 4.69) is 0 Å². The molecule has 0 heterocycles.